The quantitative estimate of drug-likeness (QED) is 0.199. The number of hydrogen-bond acceptors (Lipinski definition) is 3. The highest BCUT2D eigenvalue weighted by Gasteiger charge is 2.30. The topological polar surface area (TPSA) is 80.1 Å². The van der Waals surface area contributed by atoms with Gasteiger partial charge in [-0.2, -0.15) is 0 Å². The summed E-state index contributed by atoms with van der Waals surface area (Å²) in [5, 5.41) is 11.1. The number of benzene rings is 1. The summed E-state index contributed by atoms with van der Waals surface area (Å²) < 4.78 is 23.1. The highest BCUT2D eigenvalue weighted by atomic mass is 28.3. The van der Waals surface area contributed by atoms with E-state index in [0.717, 1.165) is 22.6 Å². The lowest BCUT2D eigenvalue weighted by molar-refractivity contribution is 0.0696. The van der Waals surface area contributed by atoms with Gasteiger partial charge >= 0.3 is 5.97 Å². The van der Waals surface area contributed by atoms with Crippen molar-refractivity contribution in [3.05, 3.63) is 71.8 Å². The number of aromatic carboxylic acids is 1. The number of aromatic amines is 1. The SMILES string of the molecule is C=Cc1c(C(=O)O)c(-c2ccc(C)cc2F)n(COCC[Si](C)(C)C)c1-c1ccnc2[nH]ccc12. The molecule has 0 spiro atoms. The molecule has 0 fully saturated rings. The van der Waals surface area contributed by atoms with E-state index in [-0.39, 0.29) is 23.6 Å². The largest absolute Gasteiger partial charge is 0.478 e. The first-order chi connectivity index (χ1) is 16.6. The van der Waals surface area contributed by atoms with Gasteiger partial charge in [0.15, 0.2) is 0 Å². The Kier molecular flexibility index (Phi) is 6.78. The molecule has 0 bridgehead atoms. The van der Waals surface area contributed by atoms with Gasteiger partial charge in [0.2, 0.25) is 0 Å². The van der Waals surface area contributed by atoms with Crippen molar-refractivity contribution < 1.29 is 19.0 Å². The Balaban J connectivity index is 2.01. The number of aromatic nitrogens is 3. The van der Waals surface area contributed by atoms with E-state index in [1.807, 2.05) is 12.1 Å². The third-order valence-electron chi connectivity index (χ3n) is 6.03. The second-order valence-corrected chi connectivity index (χ2v) is 15.5. The molecule has 0 aliphatic rings. The first-order valence-electron chi connectivity index (χ1n) is 11.5. The predicted molar refractivity (Wildman–Crippen MR) is 141 cm³/mol. The highest BCUT2D eigenvalue weighted by molar-refractivity contribution is 6.76. The summed E-state index contributed by atoms with van der Waals surface area (Å²) in [4.78, 5) is 20.1. The molecule has 35 heavy (non-hydrogen) atoms. The summed E-state index contributed by atoms with van der Waals surface area (Å²) in [6.07, 6.45) is 4.97. The van der Waals surface area contributed by atoms with E-state index in [2.05, 4.69) is 36.2 Å². The van der Waals surface area contributed by atoms with Crippen LogP contribution in [0.2, 0.25) is 25.7 Å². The molecule has 2 N–H and O–H groups in total. The minimum atomic E-state index is -1.34. The van der Waals surface area contributed by atoms with Crippen LogP contribution in [0.15, 0.2) is 49.3 Å². The molecule has 4 rings (SSSR count). The van der Waals surface area contributed by atoms with Crippen molar-refractivity contribution in [2.45, 2.75) is 39.3 Å². The molecule has 0 aliphatic carbocycles. The number of carboxylic acid groups (broad SMARTS) is 1. The molecule has 0 saturated heterocycles. The Hall–Kier alpha value is -3.49. The average molecular weight is 492 g/mol. The van der Waals surface area contributed by atoms with Gasteiger partial charge in [-0.3, -0.25) is 0 Å². The van der Waals surface area contributed by atoms with Crippen molar-refractivity contribution in [3.63, 3.8) is 0 Å². The van der Waals surface area contributed by atoms with Crippen molar-refractivity contribution in [2.24, 2.45) is 0 Å². The van der Waals surface area contributed by atoms with E-state index < -0.39 is 19.9 Å². The lowest BCUT2D eigenvalue weighted by Gasteiger charge is -2.19. The Morgan fingerprint density at radius 3 is 2.66 bits per heavy atom. The van der Waals surface area contributed by atoms with Crippen LogP contribution in [-0.2, 0) is 11.5 Å². The van der Waals surface area contributed by atoms with Crippen molar-refractivity contribution in [1.29, 1.82) is 0 Å². The summed E-state index contributed by atoms with van der Waals surface area (Å²) in [5.41, 5.74) is 3.66. The number of H-pyrrole nitrogens is 1. The number of hydrogen-bond donors (Lipinski definition) is 2. The van der Waals surface area contributed by atoms with E-state index in [9.17, 15) is 9.90 Å². The molecule has 0 atom stereocenters. The van der Waals surface area contributed by atoms with E-state index >= 15 is 4.39 Å². The Bertz CT molecular complexity index is 1420. The van der Waals surface area contributed by atoms with Crippen LogP contribution >= 0.6 is 0 Å². The summed E-state index contributed by atoms with van der Waals surface area (Å²) in [6, 6.07) is 9.49. The van der Waals surface area contributed by atoms with E-state index in [1.54, 1.807) is 36.0 Å². The molecule has 8 heteroatoms. The number of rotatable bonds is 9. The number of pyridine rings is 1. The van der Waals surface area contributed by atoms with Crippen LogP contribution in [0.3, 0.4) is 0 Å². The van der Waals surface area contributed by atoms with Gasteiger partial charge in [-0.05, 0) is 42.8 Å². The first kappa shape index (κ1) is 24.6. The molecule has 0 aliphatic heterocycles. The summed E-state index contributed by atoms with van der Waals surface area (Å²) in [5.74, 6) is -1.65. The molecule has 1 aromatic carbocycles. The fourth-order valence-corrected chi connectivity index (χ4v) is 5.02. The van der Waals surface area contributed by atoms with Crippen molar-refractivity contribution in [2.75, 3.05) is 6.61 Å². The normalized spacial score (nSPS) is 11.8. The summed E-state index contributed by atoms with van der Waals surface area (Å²) in [6.45, 7) is 13.1. The first-order valence-corrected chi connectivity index (χ1v) is 15.2. The van der Waals surface area contributed by atoms with Gasteiger partial charge in [0.1, 0.15) is 18.2 Å². The fraction of sp³-hybridized carbons (Fsp3) is 0.259. The maximum Gasteiger partial charge on any atom is 0.338 e. The van der Waals surface area contributed by atoms with E-state index in [0.29, 0.717) is 23.5 Å². The van der Waals surface area contributed by atoms with Crippen LogP contribution in [0.5, 0.6) is 0 Å². The lowest BCUT2D eigenvalue weighted by atomic mass is 10.00. The molecule has 0 unspecified atom stereocenters. The molecule has 182 valence electrons. The van der Waals surface area contributed by atoms with Gasteiger partial charge in [0.25, 0.3) is 0 Å². The summed E-state index contributed by atoms with van der Waals surface area (Å²) in [7, 11) is -1.34. The minimum Gasteiger partial charge on any atom is -0.478 e. The lowest BCUT2D eigenvalue weighted by Crippen LogP contribution is -2.22. The summed E-state index contributed by atoms with van der Waals surface area (Å²) >= 11 is 0. The molecule has 0 saturated carbocycles. The van der Waals surface area contributed by atoms with Gasteiger partial charge in [0.05, 0.1) is 17.0 Å². The predicted octanol–water partition coefficient (Wildman–Crippen LogP) is 6.80. The van der Waals surface area contributed by atoms with Gasteiger partial charge in [0, 0.05) is 49.2 Å². The number of nitrogens with one attached hydrogen (secondary N) is 1. The van der Waals surface area contributed by atoms with Crippen molar-refractivity contribution >= 4 is 31.2 Å². The number of carboxylic acids is 1. The number of aryl methyl sites for hydroxylation is 1. The number of ether oxygens (including phenoxy) is 1. The number of carbonyl (C=O) groups is 1. The maximum absolute atomic E-state index is 15.3. The van der Waals surface area contributed by atoms with Crippen molar-refractivity contribution in [3.8, 4) is 22.5 Å². The Labute approximate surface area is 205 Å². The second-order valence-electron chi connectivity index (χ2n) is 9.85. The van der Waals surface area contributed by atoms with E-state index in [4.69, 9.17) is 4.74 Å². The van der Waals surface area contributed by atoms with Gasteiger partial charge in [-0.25, -0.2) is 14.2 Å². The van der Waals surface area contributed by atoms with Crippen LogP contribution in [0.1, 0.15) is 21.5 Å². The zero-order valence-corrected chi connectivity index (χ0v) is 21.5. The van der Waals surface area contributed by atoms with Crippen LogP contribution in [0.4, 0.5) is 4.39 Å². The van der Waals surface area contributed by atoms with Crippen LogP contribution in [-0.4, -0.2) is 40.3 Å². The highest BCUT2D eigenvalue weighted by Crippen LogP contribution is 2.41. The average Bonchev–Trinajstić information content (AvgIpc) is 3.38. The van der Waals surface area contributed by atoms with E-state index in [1.165, 1.54) is 12.1 Å². The monoisotopic (exact) mass is 491 g/mol. The maximum atomic E-state index is 15.3. The van der Waals surface area contributed by atoms with Crippen LogP contribution in [0, 0.1) is 12.7 Å². The fourth-order valence-electron chi connectivity index (χ4n) is 4.27. The molecular formula is C27H30FN3O3Si. The molecular weight excluding hydrogens is 461 g/mol. The van der Waals surface area contributed by atoms with Gasteiger partial charge in [-0.1, -0.05) is 38.4 Å². The minimum absolute atomic E-state index is 0.00736. The molecule has 0 radical (unpaired) electrons. The molecule has 6 nitrogen and oxygen atoms in total. The number of fused-ring (bicyclic) bond motifs is 1. The van der Waals surface area contributed by atoms with Gasteiger partial charge in [-0.15, -0.1) is 0 Å². The third kappa shape index (κ3) is 4.85. The smallest absolute Gasteiger partial charge is 0.338 e. The molecule has 0 amide bonds. The standard InChI is InChI=1S/C27H30FN3O3Si/c1-6-18-23(27(32)33)25(21-8-7-17(2)15-22(21)28)31(16-34-13-14-35(3,4)5)24(18)19-9-11-29-26-20(19)10-12-30-26/h6-12,15H,1,13-14,16H2,2-5H3,(H,29,30)(H,32,33). The zero-order chi connectivity index (χ0) is 25.3. The Morgan fingerprint density at radius 1 is 1.23 bits per heavy atom. The van der Waals surface area contributed by atoms with Gasteiger partial charge < -0.3 is 19.4 Å². The third-order valence-corrected chi connectivity index (χ3v) is 7.74. The second kappa shape index (κ2) is 9.63. The molecule has 3 heterocycles. The van der Waals surface area contributed by atoms with Crippen molar-refractivity contribution in [1.82, 2.24) is 14.5 Å². The van der Waals surface area contributed by atoms with Crippen LogP contribution < -0.4 is 0 Å². The molecule has 4 aromatic rings. The van der Waals surface area contributed by atoms with Crippen LogP contribution in [0.25, 0.3) is 39.6 Å². The number of halogens is 1. The molecule has 3 aromatic heterocycles. The Morgan fingerprint density at radius 2 is 2.00 bits per heavy atom. The number of nitrogens with zero attached hydrogens (tertiary/aromatic N) is 2. The zero-order valence-electron chi connectivity index (χ0n) is 20.5.